The fourth-order valence-corrected chi connectivity index (χ4v) is 2.81. The van der Waals surface area contributed by atoms with E-state index in [0.29, 0.717) is 17.2 Å². The van der Waals surface area contributed by atoms with Crippen molar-refractivity contribution in [2.24, 2.45) is 0 Å². The summed E-state index contributed by atoms with van der Waals surface area (Å²) in [5.74, 6) is -0.350. The van der Waals surface area contributed by atoms with Gasteiger partial charge in [0.15, 0.2) is 0 Å². The van der Waals surface area contributed by atoms with Crippen LogP contribution in [0, 0.1) is 13.8 Å². The van der Waals surface area contributed by atoms with Crippen LogP contribution in [-0.4, -0.2) is 12.6 Å². The van der Waals surface area contributed by atoms with Crippen molar-refractivity contribution in [2.45, 2.75) is 20.8 Å². The largest absolute Gasteiger partial charge is 0.462 e. The molecule has 0 saturated carbocycles. The number of esters is 1. The number of carbonyl (C=O) groups is 1. The van der Waals surface area contributed by atoms with Crippen LogP contribution in [0.25, 0.3) is 11.1 Å². The molecule has 2 N–H and O–H groups in total. The number of anilines is 1. The average molecular weight is 275 g/mol. The van der Waals surface area contributed by atoms with Gasteiger partial charge in [0.05, 0.1) is 6.61 Å². The van der Waals surface area contributed by atoms with Crippen molar-refractivity contribution in [1.82, 2.24) is 0 Å². The molecule has 0 aliphatic carbocycles. The number of thiophene rings is 1. The molecular weight excluding hydrogens is 258 g/mol. The Labute approximate surface area is 117 Å². The second-order valence-corrected chi connectivity index (χ2v) is 5.34. The Hall–Kier alpha value is -1.81. The molecule has 100 valence electrons. The van der Waals surface area contributed by atoms with Crippen LogP contribution >= 0.6 is 11.3 Å². The molecule has 0 radical (unpaired) electrons. The van der Waals surface area contributed by atoms with E-state index < -0.39 is 0 Å². The summed E-state index contributed by atoms with van der Waals surface area (Å²) in [5.41, 5.74) is 10.6. The van der Waals surface area contributed by atoms with Crippen molar-refractivity contribution in [1.29, 1.82) is 0 Å². The molecule has 0 atom stereocenters. The monoisotopic (exact) mass is 275 g/mol. The maximum Gasteiger partial charge on any atom is 0.341 e. The summed E-state index contributed by atoms with van der Waals surface area (Å²) >= 11 is 1.37. The second-order valence-electron chi connectivity index (χ2n) is 4.43. The number of ether oxygens (including phenoxy) is 1. The lowest BCUT2D eigenvalue weighted by molar-refractivity contribution is 0.0529. The van der Waals surface area contributed by atoms with Gasteiger partial charge in [-0.3, -0.25) is 0 Å². The lowest BCUT2D eigenvalue weighted by atomic mass is 9.97. The maximum absolute atomic E-state index is 12.0. The number of nitrogens with two attached hydrogens (primary N) is 1. The molecule has 1 heterocycles. The predicted octanol–water partition coefficient (Wildman–Crippen LogP) is 3.79. The molecular formula is C15H17NO2S. The summed E-state index contributed by atoms with van der Waals surface area (Å²) in [6.07, 6.45) is 0. The first-order valence-corrected chi connectivity index (χ1v) is 7.04. The first-order valence-electron chi connectivity index (χ1n) is 6.16. The van der Waals surface area contributed by atoms with Gasteiger partial charge in [-0.15, -0.1) is 11.3 Å². The van der Waals surface area contributed by atoms with Crippen molar-refractivity contribution < 1.29 is 9.53 Å². The third-order valence-corrected chi connectivity index (χ3v) is 3.79. The molecule has 1 aromatic heterocycles. The summed E-state index contributed by atoms with van der Waals surface area (Å²) in [4.78, 5) is 12.0. The minimum atomic E-state index is -0.350. The number of hydrogen-bond donors (Lipinski definition) is 1. The molecule has 19 heavy (non-hydrogen) atoms. The molecule has 0 fully saturated rings. The van der Waals surface area contributed by atoms with E-state index in [4.69, 9.17) is 10.5 Å². The molecule has 0 amide bonds. The third-order valence-electron chi connectivity index (χ3n) is 2.98. The van der Waals surface area contributed by atoms with E-state index in [2.05, 4.69) is 12.1 Å². The Morgan fingerprint density at radius 1 is 1.32 bits per heavy atom. The highest BCUT2D eigenvalue weighted by molar-refractivity contribution is 7.15. The molecule has 2 aromatic rings. The molecule has 0 saturated heterocycles. The molecule has 3 nitrogen and oxygen atoms in total. The fraction of sp³-hybridized carbons (Fsp3) is 0.267. The van der Waals surface area contributed by atoms with Gasteiger partial charge in [0, 0.05) is 10.9 Å². The van der Waals surface area contributed by atoms with Gasteiger partial charge in [-0.25, -0.2) is 4.79 Å². The van der Waals surface area contributed by atoms with Crippen molar-refractivity contribution in [2.75, 3.05) is 12.3 Å². The number of rotatable bonds is 3. The van der Waals surface area contributed by atoms with Gasteiger partial charge < -0.3 is 10.5 Å². The van der Waals surface area contributed by atoms with Gasteiger partial charge in [-0.05, 0) is 31.9 Å². The van der Waals surface area contributed by atoms with Crippen LogP contribution in [0.5, 0.6) is 0 Å². The zero-order valence-corrected chi connectivity index (χ0v) is 12.1. The van der Waals surface area contributed by atoms with E-state index in [1.165, 1.54) is 11.3 Å². The molecule has 1 aromatic carbocycles. The highest BCUT2D eigenvalue weighted by Gasteiger charge is 2.20. The smallest absolute Gasteiger partial charge is 0.341 e. The minimum Gasteiger partial charge on any atom is -0.462 e. The molecule has 0 aliphatic rings. The van der Waals surface area contributed by atoms with E-state index in [0.717, 1.165) is 22.3 Å². The van der Waals surface area contributed by atoms with Crippen LogP contribution in [0.4, 0.5) is 5.00 Å². The highest BCUT2D eigenvalue weighted by atomic mass is 32.1. The Bertz CT molecular complexity index is 617. The van der Waals surface area contributed by atoms with Crippen molar-refractivity contribution in [3.05, 3.63) is 40.3 Å². The number of carbonyl (C=O) groups excluding carboxylic acids is 1. The summed E-state index contributed by atoms with van der Waals surface area (Å²) in [5, 5.41) is 2.43. The highest BCUT2D eigenvalue weighted by Crippen LogP contribution is 2.36. The fourth-order valence-electron chi connectivity index (χ4n) is 2.01. The molecule has 0 aliphatic heterocycles. The Morgan fingerprint density at radius 2 is 2.05 bits per heavy atom. The minimum absolute atomic E-state index is 0.348. The van der Waals surface area contributed by atoms with Crippen LogP contribution in [-0.2, 0) is 4.74 Å². The summed E-state index contributed by atoms with van der Waals surface area (Å²) in [7, 11) is 0. The van der Waals surface area contributed by atoms with Gasteiger partial charge >= 0.3 is 5.97 Å². The zero-order chi connectivity index (χ0) is 14.0. The number of nitrogen functional groups attached to an aromatic ring is 1. The second kappa shape index (κ2) is 5.45. The molecule has 2 rings (SSSR count). The van der Waals surface area contributed by atoms with E-state index in [9.17, 15) is 4.79 Å². The van der Waals surface area contributed by atoms with E-state index in [1.54, 1.807) is 6.92 Å². The first kappa shape index (κ1) is 13.6. The Balaban J connectivity index is 2.57. The average Bonchev–Trinajstić information content (AvgIpc) is 2.74. The normalized spacial score (nSPS) is 10.5. The Kier molecular flexibility index (Phi) is 3.90. The van der Waals surface area contributed by atoms with Crippen LogP contribution in [0.2, 0.25) is 0 Å². The van der Waals surface area contributed by atoms with Gasteiger partial charge in [0.25, 0.3) is 0 Å². The van der Waals surface area contributed by atoms with Gasteiger partial charge in [0.1, 0.15) is 10.6 Å². The standard InChI is InChI=1S/C15H17NO2S/c1-4-18-15(17)13-12(8-19-14(13)16)11-7-9(2)5-6-10(11)3/h5-8H,4,16H2,1-3H3. The van der Waals surface area contributed by atoms with Crippen LogP contribution in [0.15, 0.2) is 23.6 Å². The van der Waals surface area contributed by atoms with E-state index in [1.807, 2.05) is 25.3 Å². The summed E-state index contributed by atoms with van der Waals surface area (Å²) in [6.45, 7) is 6.19. The van der Waals surface area contributed by atoms with Gasteiger partial charge in [-0.1, -0.05) is 23.8 Å². The Morgan fingerprint density at radius 3 is 2.74 bits per heavy atom. The van der Waals surface area contributed by atoms with Crippen LogP contribution in [0.3, 0.4) is 0 Å². The summed E-state index contributed by atoms with van der Waals surface area (Å²) < 4.78 is 5.09. The number of aryl methyl sites for hydroxylation is 2. The third kappa shape index (κ3) is 2.63. The van der Waals surface area contributed by atoms with E-state index >= 15 is 0 Å². The maximum atomic E-state index is 12.0. The van der Waals surface area contributed by atoms with Gasteiger partial charge in [-0.2, -0.15) is 0 Å². The van der Waals surface area contributed by atoms with E-state index in [-0.39, 0.29) is 5.97 Å². The predicted molar refractivity (Wildman–Crippen MR) is 79.6 cm³/mol. The van der Waals surface area contributed by atoms with Crippen molar-refractivity contribution in [3.63, 3.8) is 0 Å². The van der Waals surface area contributed by atoms with Crippen LogP contribution < -0.4 is 5.73 Å². The quantitative estimate of drug-likeness (QED) is 0.867. The zero-order valence-electron chi connectivity index (χ0n) is 11.3. The summed E-state index contributed by atoms with van der Waals surface area (Å²) in [6, 6.07) is 6.17. The first-order chi connectivity index (χ1) is 9.04. The number of hydrogen-bond acceptors (Lipinski definition) is 4. The molecule has 0 spiro atoms. The topological polar surface area (TPSA) is 52.3 Å². The van der Waals surface area contributed by atoms with Crippen molar-refractivity contribution >= 4 is 22.3 Å². The molecule has 0 unspecified atom stereocenters. The van der Waals surface area contributed by atoms with Gasteiger partial charge in [0.2, 0.25) is 0 Å². The SMILES string of the molecule is CCOC(=O)c1c(-c2cc(C)ccc2C)csc1N. The lowest BCUT2D eigenvalue weighted by Gasteiger charge is -2.09. The molecule has 4 heteroatoms. The molecule has 0 bridgehead atoms. The number of benzene rings is 1. The van der Waals surface area contributed by atoms with Crippen molar-refractivity contribution in [3.8, 4) is 11.1 Å². The van der Waals surface area contributed by atoms with Crippen LogP contribution in [0.1, 0.15) is 28.4 Å². The lowest BCUT2D eigenvalue weighted by Crippen LogP contribution is -2.07.